The number of amides is 1. The Kier molecular flexibility index (Phi) is 5.56. The normalized spacial score (nSPS) is 11.0. The Morgan fingerprint density at radius 3 is 2.74 bits per heavy atom. The summed E-state index contributed by atoms with van der Waals surface area (Å²) in [5.74, 6) is 1.03. The van der Waals surface area contributed by atoms with Crippen LogP contribution in [0.25, 0.3) is 17.2 Å². The van der Waals surface area contributed by atoms with E-state index >= 15 is 0 Å². The van der Waals surface area contributed by atoms with Crippen LogP contribution < -0.4 is 15.6 Å². The van der Waals surface area contributed by atoms with Crippen molar-refractivity contribution in [3.05, 3.63) is 93.5 Å². The van der Waals surface area contributed by atoms with Crippen LogP contribution in [0.1, 0.15) is 16.1 Å². The van der Waals surface area contributed by atoms with Gasteiger partial charge in [-0.15, -0.1) is 5.10 Å². The number of carbonyl (C=O) groups excluding carboxylic acids is 1. The summed E-state index contributed by atoms with van der Waals surface area (Å²) < 4.78 is 8.59. The Bertz CT molecular complexity index is 1560. The minimum atomic E-state index is -0.446. The molecule has 170 valence electrons. The number of halogens is 1. The number of benzene rings is 2. The fourth-order valence-electron chi connectivity index (χ4n) is 3.40. The summed E-state index contributed by atoms with van der Waals surface area (Å²) in [7, 11) is 1.71. The lowest BCUT2D eigenvalue weighted by molar-refractivity contribution is 0.102. The van der Waals surface area contributed by atoms with Gasteiger partial charge < -0.3 is 15.0 Å². The molecule has 34 heavy (non-hydrogen) atoms. The van der Waals surface area contributed by atoms with Crippen molar-refractivity contribution in [3.8, 4) is 17.1 Å². The highest BCUT2D eigenvalue weighted by molar-refractivity contribution is 6.34. The number of fused-ring (bicyclic) bond motifs is 1. The average molecular weight is 476 g/mol. The van der Waals surface area contributed by atoms with Gasteiger partial charge in [-0.2, -0.15) is 14.6 Å². The molecule has 1 amide bonds. The standard InChI is InChI=1S/C23H18ClN7O3/c1-30-18(10-11-25-30)27-22(33)20-16(24)8-5-9-17(20)34-13-15-12-19(32)31-23(26-15)28-21(29-31)14-6-3-2-4-7-14/h2-12H,13H2,1H3,(H,27,33)(H,26,28,29). The molecule has 3 heterocycles. The Hall–Kier alpha value is -4.44. The lowest BCUT2D eigenvalue weighted by Gasteiger charge is -2.13. The second kappa shape index (κ2) is 8.83. The van der Waals surface area contributed by atoms with Crippen molar-refractivity contribution in [2.75, 3.05) is 5.32 Å². The molecule has 0 aliphatic carbocycles. The van der Waals surface area contributed by atoms with Gasteiger partial charge in [0.2, 0.25) is 5.78 Å². The van der Waals surface area contributed by atoms with Gasteiger partial charge >= 0.3 is 0 Å². The quantitative estimate of drug-likeness (QED) is 0.389. The Balaban J connectivity index is 1.40. The molecule has 0 spiro atoms. The molecule has 0 radical (unpaired) electrons. The molecule has 0 fully saturated rings. The van der Waals surface area contributed by atoms with Crippen LogP contribution in [0.4, 0.5) is 5.82 Å². The molecule has 0 bridgehead atoms. The molecule has 0 saturated carbocycles. The smallest absolute Gasteiger partial charge is 0.276 e. The van der Waals surface area contributed by atoms with Crippen LogP contribution in [-0.2, 0) is 13.7 Å². The van der Waals surface area contributed by atoms with E-state index in [9.17, 15) is 9.59 Å². The molecule has 10 nitrogen and oxygen atoms in total. The van der Waals surface area contributed by atoms with Crippen LogP contribution in [0.2, 0.25) is 5.02 Å². The van der Waals surface area contributed by atoms with E-state index in [1.54, 1.807) is 37.5 Å². The number of aryl methyl sites for hydroxylation is 1. The molecule has 5 rings (SSSR count). The topological polar surface area (TPSA) is 119 Å². The van der Waals surface area contributed by atoms with Gasteiger partial charge in [-0.25, -0.2) is 0 Å². The third kappa shape index (κ3) is 4.14. The van der Waals surface area contributed by atoms with E-state index < -0.39 is 5.91 Å². The number of carbonyl (C=O) groups is 1. The van der Waals surface area contributed by atoms with Crippen LogP contribution >= 0.6 is 11.6 Å². The van der Waals surface area contributed by atoms with Crippen LogP contribution in [0, 0.1) is 0 Å². The fraction of sp³-hybridized carbons (Fsp3) is 0.0870. The lowest BCUT2D eigenvalue weighted by Crippen LogP contribution is -2.18. The summed E-state index contributed by atoms with van der Waals surface area (Å²) in [6.07, 6.45) is 1.57. The SMILES string of the molecule is Cn1nccc1NC(=O)c1c(Cl)cccc1OCc1cc(=O)n2nc(-c3ccccc3)nc2[nH]1. The first-order valence-electron chi connectivity index (χ1n) is 10.2. The van der Waals surface area contributed by atoms with Crippen molar-refractivity contribution in [2.24, 2.45) is 7.05 Å². The predicted molar refractivity (Wildman–Crippen MR) is 126 cm³/mol. The number of nitrogens with zero attached hydrogens (tertiary/aromatic N) is 5. The van der Waals surface area contributed by atoms with E-state index in [4.69, 9.17) is 16.3 Å². The Labute approximate surface area is 197 Å². The third-order valence-electron chi connectivity index (χ3n) is 5.07. The first kappa shape index (κ1) is 21.4. The van der Waals surface area contributed by atoms with Gasteiger partial charge in [-0.1, -0.05) is 48.0 Å². The van der Waals surface area contributed by atoms with Crippen molar-refractivity contribution in [2.45, 2.75) is 6.61 Å². The molecule has 0 aliphatic rings. The highest BCUT2D eigenvalue weighted by atomic mass is 35.5. The number of nitrogens with one attached hydrogen (secondary N) is 2. The van der Waals surface area contributed by atoms with Gasteiger partial charge in [0, 0.05) is 24.7 Å². The summed E-state index contributed by atoms with van der Waals surface area (Å²) in [5.41, 5.74) is 1.06. The van der Waals surface area contributed by atoms with E-state index in [0.717, 1.165) is 5.56 Å². The molecule has 0 unspecified atom stereocenters. The zero-order chi connectivity index (χ0) is 23.7. The van der Waals surface area contributed by atoms with Gasteiger partial charge in [0.05, 0.1) is 16.9 Å². The number of H-pyrrole nitrogens is 1. The van der Waals surface area contributed by atoms with E-state index in [0.29, 0.717) is 17.3 Å². The van der Waals surface area contributed by atoms with Crippen LogP contribution in [0.5, 0.6) is 5.75 Å². The van der Waals surface area contributed by atoms with Crippen LogP contribution in [0.3, 0.4) is 0 Å². The third-order valence-corrected chi connectivity index (χ3v) is 5.38. The molecular weight excluding hydrogens is 458 g/mol. The summed E-state index contributed by atoms with van der Waals surface area (Å²) in [4.78, 5) is 32.9. The number of aromatic amines is 1. The van der Waals surface area contributed by atoms with Gasteiger partial charge in [0.15, 0.2) is 5.82 Å². The summed E-state index contributed by atoms with van der Waals surface area (Å²) >= 11 is 6.31. The first-order valence-corrected chi connectivity index (χ1v) is 10.6. The number of rotatable bonds is 6. The molecule has 0 aliphatic heterocycles. The van der Waals surface area contributed by atoms with Crippen LogP contribution in [0.15, 0.2) is 71.7 Å². The maximum absolute atomic E-state index is 12.9. The van der Waals surface area contributed by atoms with Crippen LogP contribution in [-0.4, -0.2) is 35.3 Å². The first-order chi connectivity index (χ1) is 16.5. The monoisotopic (exact) mass is 475 g/mol. The highest BCUT2D eigenvalue weighted by Crippen LogP contribution is 2.28. The summed E-state index contributed by atoms with van der Waals surface area (Å²) in [6.45, 7) is -0.0222. The number of aromatic nitrogens is 6. The second-order valence-electron chi connectivity index (χ2n) is 7.37. The summed E-state index contributed by atoms with van der Waals surface area (Å²) in [5, 5.41) is 11.3. The Morgan fingerprint density at radius 1 is 1.15 bits per heavy atom. The van der Waals surface area contributed by atoms with E-state index in [2.05, 4.69) is 25.5 Å². The largest absolute Gasteiger partial charge is 0.486 e. The maximum Gasteiger partial charge on any atom is 0.276 e. The highest BCUT2D eigenvalue weighted by Gasteiger charge is 2.19. The summed E-state index contributed by atoms with van der Waals surface area (Å²) in [6, 6.07) is 17.3. The van der Waals surface area contributed by atoms with E-state index in [-0.39, 0.29) is 34.3 Å². The number of ether oxygens (including phenoxy) is 1. The number of anilines is 1. The predicted octanol–water partition coefficient (Wildman–Crippen LogP) is 3.30. The fourth-order valence-corrected chi connectivity index (χ4v) is 3.65. The number of hydrogen-bond donors (Lipinski definition) is 2. The van der Waals surface area contributed by atoms with Crippen molar-refractivity contribution >= 4 is 29.1 Å². The zero-order valence-electron chi connectivity index (χ0n) is 17.9. The maximum atomic E-state index is 12.9. The lowest BCUT2D eigenvalue weighted by atomic mass is 10.2. The van der Waals surface area contributed by atoms with Crippen molar-refractivity contribution in [3.63, 3.8) is 0 Å². The van der Waals surface area contributed by atoms with E-state index in [1.165, 1.54) is 15.3 Å². The zero-order valence-corrected chi connectivity index (χ0v) is 18.7. The molecule has 0 saturated heterocycles. The molecule has 2 N–H and O–H groups in total. The van der Waals surface area contributed by atoms with Gasteiger partial charge in [-0.3, -0.25) is 14.3 Å². The molecule has 2 aromatic carbocycles. The molecule has 11 heteroatoms. The molecule has 3 aromatic heterocycles. The average Bonchev–Trinajstić information content (AvgIpc) is 3.45. The van der Waals surface area contributed by atoms with Crippen molar-refractivity contribution in [1.82, 2.24) is 29.4 Å². The van der Waals surface area contributed by atoms with Gasteiger partial charge in [-0.05, 0) is 12.1 Å². The van der Waals surface area contributed by atoms with E-state index in [1.807, 2.05) is 30.3 Å². The minimum absolute atomic E-state index is 0.0222. The number of hydrogen-bond acceptors (Lipinski definition) is 6. The molecule has 0 atom stereocenters. The molecular formula is C23H18ClN7O3. The second-order valence-corrected chi connectivity index (χ2v) is 7.77. The van der Waals surface area contributed by atoms with Crippen molar-refractivity contribution in [1.29, 1.82) is 0 Å². The van der Waals surface area contributed by atoms with Crippen molar-refractivity contribution < 1.29 is 9.53 Å². The van der Waals surface area contributed by atoms with Gasteiger partial charge in [0.1, 0.15) is 23.7 Å². The minimum Gasteiger partial charge on any atom is -0.486 e. The Morgan fingerprint density at radius 2 is 1.97 bits per heavy atom. The van der Waals surface area contributed by atoms with Gasteiger partial charge in [0.25, 0.3) is 11.5 Å². The molecule has 5 aromatic rings.